The summed E-state index contributed by atoms with van der Waals surface area (Å²) in [6.07, 6.45) is 2.00. The molecule has 0 radical (unpaired) electrons. The van der Waals surface area contributed by atoms with E-state index in [0.29, 0.717) is 18.0 Å². The molecule has 18 heavy (non-hydrogen) atoms. The van der Waals surface area contributed by atoms with Gasteiger partial charge in [0.2, 0.25) is 5.89 Å². The van der Waals surface area contributed by atoms with Gasteiger partial charge in [-0.3, -0.25) is 0 Å². The molecule has 2 aromatic heterocycles. The van der Waals surface area contributed by atoms with E-state index in [0.717, 1.165) is 11.3 Å². The van der Waals surface area contributed by atoms with Crippen LogP contribution < -0.4 is 0 Å². The van der Waals surface area contributed by atoms with E-state index in [1.165, 1.54) is 0 Å². The van der Waals surface area contributed by atoms with Crippen molar-refractivity contribution in [2.24, 2.45) is 0 Å². The highest BCUT2D eigenvalue weighted by molar-refractivity contribution is 5.53. The molecule has 0 amide bonds. The van der Waals surface area contributed by atoms with Gasteiger partial charge in [0.1, 0.15) is 11.5 Å². The van der Waals surface area contributed by atoms with Crippen molar-refractivity contribution in [1.29, 1.82) is 0 Å². The number of aromatic nitrogens is 1. The molecule has 3 rings (SSSR count). The van der Waals surface area contributed by atoms with E-state index in [1.54, 1.807) is 12.3 Å². The summed E-state index contributed by atoms with van der Waals surface area (Å²) in [6, 6.07) is 13.1. The lowest BCUT2D eigenvalue weighted by atomic mass is 10.2. The number of benzene rings is 1. The molecule has 0 saturated carbocycles. The Morgan fingerprint density at radius 3 is 2.61 bits per heavy atom. The molecule has 3 aromatic rings. The van der Waals surface area contributed by atoms with Gasteiger partial charge < -0.3 is 13.9 Å². The van der Waals surface area contributed by atoms with Gasteiger partial charge in [-0.25, -0.2) is 4.98 Å². The first kappa shape index (κ1) is 10.7. The number of nitrogens with zero attached hydrogens (tertiary/aromatic N) is 1. The Bertz CT molecular complexity index is 626. The zero-order valence-corrected chi connectivity index (χ0v) is 9.54. The predicted octanol–water partition coefficient (Wildman–Crippen LogP) is 3.23. The molecule has 4 nitrogen and oxygen atoms in total. The van der Waals surface area contributed by atoms with Crippen LogP contribution in [0.5, 0.6) is 5.95 Å². The van der Waals surface area contributed by atoms with Gasteiger partial charge in [0.25, 0.3) is 0 Å². The lowest BCUT2D eigenvalue weighted by Crippen LogP contribution is -1.86. The van der Waals surface area contributed by atoms with Crippen LogP contribution in [0, 0.1) is 0 Å². The maximum absolute atomic E-state index is 9.72. The molecule has 0 aliphatic carbocycles. The average Bonchev–Trinajstić information content (AvgIpc) is 3.02. The van der Waals surface area contributed by atoms with Crippen LogP contribution in [0.2, 0.25) is 0 Å². The Kier molecular flexibility index (Phi) is 2.61. The minimum absolute atomic E-state index is 0.162. The van der Waals surface area contributed by atoms with Gasteiger partial charge in [-0.05, 0) is 24.3 Å². The highest BCUT2D eigenvalue weighted by Crippen LogP contribution is 2.27. The second-order valence-electron chi connectivity index (χ2n) is 3.89. The molecule has 1 N–H and O–H groups in total. The first-order valence-electron chi connectivity index (χ1n) is 5.59. The summed E-state index contributed by atoms with van der Waals surface area (Å²) in [7, 11) is 0. The minimum atomic E-state index is -0.162. The molecule has 90 valence electrons. The third-order valence-corrected chi connectivity index (χ3v) is 2.62. The highest BCUT2D eigenvalue weighted by atomic mass is 16.5. The summed E-state index contributed by atoms with van der Waals surface area (Å²) in [5.74, 6) is 0.984. The maximum atomic E-state index is 9.72. The summed E-state index contributed by atoms with van der Waals surface area (Å²) in [5, 5.41) is 9.72. The summed E-state index contributed by atoms with van der Waals surface area (Å²) in [4.78, 5) is 4.28. The fourth-order valence-corrected chi connectivity index (χ4v) is 1.74. The molecule has 4 heteroatoms. The third-order valence-electron chi connectivity index (χ3n) is 2.62. The van der Waals surface area contributed by atoms with Gasteiger partial charge in [0, 0.05) is 5.56 Å². The molecule has 0 aliphatic rings. The Balaban J connectivity index is 1.91. The van der Waals surface area contributed by atoms with Crippen molar-refractivity contribution in [3.05, 3.63) is 60.2 Å². The first-order valence-corrected chi connectivity index (χ1v) is 5.59. The number of oxazole rings is 1. The second kappa shape index (κ2) is 4.41. The third kappa shape index (κ3) is 2.00. The topological polar surface area (TPSA) is 59.4 Å². The molecule has 2 heterocycles. The number of aromatic hydroxyl groups is 1. The molecule has 0 bridgehead atoms. The van der Waals surface area contributed by atoms with Gasteiger partial charge in [-0.2, -0.15) is 0 Å². The van der Waals surface area contributed by atoms with E-state index in [2.05, 4.69) is 4.98 Å². The molecule has 0 spiro atoms. The van der Waals surface area contributed by atoms with Gasteiger partial charge in [-0.15, -0.1) is 0 Å². The summed E-state index contributed by atoms with van der Waals surface area (Å²) < 4.78 is 10.5. The minimum Gasteiger partial charge on any atom is -0.479 e. The van der Waals surface area contributed by atoms with Crippen molar-refractivity contribution < 1.29 is 13.9 Å². The van der Waals surface area contributed by atoms with Gasteiger partial charge in [0.15, 0.2) is 0 Å². The molecule has 0 unspecified atom stereocenters. The smallest absolute Gasteiger partial charge is 0.306 e. The molecule has 1 aromatic carbocycles. The standard InChI is InChI=1S/C14H11NO3/c16-14-12(9-11-7-4-8-17-11)15-13(18-14)10-5-2-1-3-6-10/h1-8,16H,9H2. The van der Waals surface area contributed by atoms with Crippen molar-refractivity contribution in [2.75, 3.05) is 0 Å². The fraction of sp³-hybridized carbons (Fsp3) is 0.0714. The lowest BCUT2D eigenvalue weighted by molar-refractivity contribution is 0.332. The van der Waals surface area contributed by atoms with Gasteiger partial charge in [0.05, 0.1) is 12.7 Å². The number of rotatable bonds is 3. The molecule has 0 saturated heterocycles. The SMILES string of the molecule is Oc1oc(-c2ccccc2)nc1Cc1ccco1. The monoisotopic (exact) mass is 241 g/mol. The van der Waals surface area contributed by atoms with Crippen LogP contribution in [-0.2, 0) is 6.42 Å². The molecule has 0 atom stereocenters. The Morgan fingerprint density at radius 1 is 1.06 bits per heavy atom. The summed E-state index contributed by atoms with van der Waals surface area (Å²) in [6.45, 7) is 0. The molecule has 0 fully saturated rings. The normalized spacial score (nSPS) is 10.7. The van der Waals surface area contributed by atoms with Crippen LogP contribution in [-0.4, -0.2) is 10.1 Å². The van der Waals surface area contributed by atoms with Crippen molar-refractivity contribution >= 4 is 0 Å². The van der Waals surface area contributed by atoms with E-state index in [4.69, 9.17) is 8.83 Å². The van der Waals surface area contributed by atoms with Gasteiger partial charge in [-0.1, -0.05) is 18.2 Å². The van der Waals surface area contributed by atoms with E-state index in [1.807, 2.05) is 36.4 Å². The summed E-state index contributed by atoms with van der Waals surface area (Å²) in [5.41, 5.74) is 1.31. The van der Waals surface area contributed by atoms with Crippen molar-refractivity contribution in [2.45, 2.75) is 6.42 Å². The predicted molar refractivity (Wildman–Crippen MR) is 65.1 cm³/mol. The van der Waals surface area contributed by atoms with Gasteiger partial charge >= 0.3 is 5.95 Å². The van der Waals surface area contributed by atoms with E-state index in [9.17, 15) is 5.11 Å². The Morgan fingerprint density at radius 2 is 1.89 bits per heavy atom. The first-order chi connectivity index (χ1) is 8.83. The van der Waals surface area contributed by atoms with Crippen LogP contribution in [0.1, 0.15) is 11.5 Å². The van der Waals surface area contributed by atoms with E-state index < -0.39 is 0 Å². The van der Waals surface area contributed by atoms with Crippen LogP contribution >= 0.6 is 0 Å². The van der Waals surface area contributed by atoms with E-state index >= 15 is 0 Å². The van der Waals surface area contributed by atoms with Crippen molar-refractivity contribution in [1.82, 2.24) is 4.98 Å². The number of hydrogen-bond donors (Lipinski definition) is 1. The zero-order valence-electron chi connectivity index (χ0n) is 9.54. The summed E-state index contributed by atoms with van der Waals surface area (Å²) >= 11 is 0. The number of furan rings is 1. The zero-order chi connectivity index (χ0) is 12.4. The van der Waals surface area contributed by atoms with Crippen LogP contribution in [0.15, 0.2) is 57.6 Å². The van der Waals surface area contributed by atoms with Crippen LogP contribution in [0.3, 0.4) is 0 Å². The van der Waals surface area contributed by atoms with Crippen molar-refractivity contribution in [3.8, 4) is 17.4 Å². The van der Waals surface area contributed by atoms with Crippen molar-refractivity contribution in [3.63, 3.8) is 0 Å². The largest absolute Gasteiger partial charge is 0.479 e. The molecular formula is C14H11NO3. The molecule has 0 aliphatic heterocycles. The average molecular weight is 241 g/mol. The Hall–Kier alpha value is -2.49. The molecular weight excluding hydrogens is 230 g/mol. The van der Waals surface area contributed by atoms with Crippen LogP contribution in [0.25, 0.3) is 11.5 Å². The maximum Gasteiger partial charge on any atom is 0.306 e. The fourth-order valence-electron chi connectivity index (χ4n) is 1.74. The highest BCUT2D eigenvalue weighted by Gasteiger charge is 2.14. The second-order valence-corrected chi connectivity index (χ2v) is 3.89. The van der Waals surface area contributed by atoms with Crippen LogP contribution in [0.4, 0.5) is 0 Å². The lowest BCUT2D eigenvalue weighted by Gasteiger charge is -1.92. The quantitative estimate of drug-likeness (QED) is 0.764. The Labute approximate surface area is 104 Å². The number of hydrogen-bond acceptors (Lipinski definition) is 4. The van der Waals surface area contributed by atoms with E-state index in [-0.39, 0.29) is 5.95 Å².